The Morgan fingerprint density at radius 1 is 0.298 bits per heavy atom. The lowest BCUT2D eigenvalue weighted by Gasteiger charge is -2.12. The van der Waals surface area contributed by atoms with Crippen LogP contribution in [0.25, 0.3) is 0 Å². The summed E-state index contributed by atoms with van der Waals surface area (Å²) >= 11 is 0. The molecule has 0 aromatic carbocycles. The minimum Gasteiger partial charge on any atom is -0.481 e. The zero-order valence-corrected chi connectivity index (χ0v) is 32.9. The van der Waals surface area contributed by atoms with Crippen molar-refractivity contribution in [3.63, 3.8) is 0 Å². The molecule has 0 fully saturated rings. The first-order chi connectivity index (χ1) is 23.2. The van der Waals surface area contributed by atoms with Crippen LogP contribution >= 0.6 is 0 Å². The van der Waals surface area contributed by atoms with Gasteiger partial charge in [0.15, 0.2) is 0 Å². The molecule has 282 valence electrons. The summed E-state index contributed by atoms with van der Waals surface area (Å²) in [5, 5.41) is 9.68. The first kappa shape index (κ1) is 46.5. The number of rotatable bonds is 42. The predicted molar refractivity (Wildman–Crippen MR) is 212 cm³/mol. The van der Waals surface area contributed by atoms with Gasteiger partial charge in [-0.05, 0) is 12.8 Å². The van der Waals surface area contributed by atoms with E-state index in [9.17, 15) is 9.90 Å². The summed E-state index contributed by atoms with van der Waals surface area (Å²) in [6.45, 7) is 4.59. The summed E-state index contributed by atoms with van der Waals surface area (Å²) in [6.07, 6.45) is 56.1. The van der Waals surface area contributed by atoms with Gasteiger partial charge < -0.3 is 5.11 Å². The van der Waals surface area contributed by atoms with Crippen LogP contribution in [0.1, 0.15) is 277 Å². The van der Waals surface area contributed by atoms with Crippen molar-refractivity contribution in [1.82, 2.24) is 0 Å². The Morgan fingerprint density at radius 3 is 0.596 bits per heavy atom. The number of carboxylic acids is 1. The third-order valence-electron chi connectivity index (χ3n) is 10.9. The molecule has 0 spiro atoms. The van der Waals surface area contributed by atoms with Gasteiger partial charge in [0.05, 0.1) is 5.92 Å². The normalized spacial score (nSPS) is 12.2. The molecule has 0 amide bonds. The Labute approximate surface area is 298 Å². The van der Waals surface area contributed by atoms with Crippen molar-refractivity contribution in [2.45, 2.75) is 277 Å². The third kappa shape index (κ3) is 39.8. The molecule has 1 atom stereocenters. The van der Waals surface area contributed by atoms with E-state index in [-0.39, 0.29) is 5.92 Å². The maximum Gasteiger partial charge on any atom is 0.306 e. The highest BCUT2D eigenvalue weighted by molar-refractivity contribution is 5.69. The van der Waals surface area contributed by atoms with E-state index in [1.807, 2.05) is 0 Å². The van der Waals surface area contributed by atoms with E-state index in [4.69, 9.17) is 0 Å². The monoisotopic (exact) mass is 663 g/mol. The van der Waals surface area contributed by atoms with Crippen molar-refractivity contribution >= 4 is 5.97 Å². The number of unbranched alkanes of at least 4 members (excludes halogenated alkanes) is 37. The van der Waals surface area contributed by atoms with E-state index in [0.29, 0.717) is 0 Å². The van der Waals surface area contributed by atoms with Gasteiger partial charge in [-0.2, -0.15) is 0 Å². The summed E-state index contributed by atoms with van der Waals surface area (Å²) in [7, 11) is 0. The Kier molecular flexibility index (Phi) is 41.2. The molecule has 1 unspecified atom stereocenters. The summed E-state index contributed by atoms with van der Waals surface area (Å²) in [5.74, 6) is -0.652. The Balaban J connectivity index is 3.33. The Morgan fingerprint density at radius 2 is 0.447 bits per heavy atom. The highest BCUT2D eigenvalue weighted by atomic mass is 16.4. The molecule has 0 aliphatic carbocycles. The third-order valence-corrected chi connectivity index (χ3v) is 10.9. The lowest BCUT2D eigenvalue weighted by molar-refractivity contribution is -0.142. The second-order valence-electron chi connectivity index (χ2n) is 15.7. The van der Waals surface area contributed by atoms with Gasteiger partial charge in [0.25, 0.3) is 0 Å². The fourth-order valence-electron chi connectivity index (χ4n) is 7.51. The van der Waals surface area contributed by atoms with Gasteiger partial charge in [-0.3, -0.25) is 4.79 Å². The van der Waals surface area contributed by atoms with Gasteiger partial charge in [0.1, 0.15) is 0 Å². The van der Waals surface area contributed by atoms with Gasteiger partial charge in [-0.25, -0.2) is 0 Å². The maximum atomic E-state index is 11.7. The van der Waals surface area contributed by atoms with Crippen LogP contribution in [0, 0.1) is 5.92 Å². The molecule has 0 saturated carbocycles. The fraction of sp³-hybridized carbons (Fsp3) is 0.978. The molecule has 2 nitrogen and oxygen atoms in total. The highest BCUT2D eigenvalue weighted by Gasteiger charge is 2.16. The minimum absolute atomic E-state index is 0.100. The number of hydrogen-bond donors (Lipinski definition) is 1. The van der Waals surface area contributed by atoms with Crippen LogP contribution in [-0.4, -0.2) is 11.1 Å². The Hall–Kier alpha value is -0.530. The van der Waals surface area contributed by atoms with E-state index in [1.54, 1.807) is 0 Å². The standard InChI is InChI=1S/C45H90O2/c1-3-5-7-9-11-13-15-17-19-21-22-23-24-25-26-27-29-31-33-35-37-39-41-43-44(45(46)47)42-40-38-36-34-32-30-28-20-18-16-14-12-10-8-6-4-2/h44H,3-43H2,1-2H3,(H,46,47). The van der Waals surface area contributed by atoms with Crippen molar-refractivity contribution in [2.24, 2.45) is 5.92 Å². The molecule has 0 heterocycles. The van der Waals surface area contributed by atoms with Crippen LogP contribution in [0.2, 0.25) is 0 Å². The molecule has 47 heavy (non-hydrogen) atoms. The van der Waals surface area contributed by atoms with Crippen LogP contribution < -0.4 is 0 Å². The van der Waals surface area contributed by atoms with E-state index < -0.39 is 5.97 Å². The molecule has 0 aliphatic heterocycles. The van der Waals surface area contributed by atoms with Crippen LogP contribution in [0.15, 0.2) is 0 Å². The maximum absolute atomic E-state index is 11.7. The Bertz CT molecular complexity index is 572. The lowest BCUT2D eigenvalue weighted by Crippen LogP contribution is -2.13. The van der Waals surface area contributed by atoms with Gasteiger partial charge in [-0.15, -0.1) is 0 Å². The molecule has 2 heteroatoms. The van der Waals surface area contributed by atoms with Gasteiger partial charge in [-0.1, -0.05) is 264 Å². The van der Waals surface area contributed by atoms with Gasteiger partial charge in [0, 0.05) is 0 Å². The zero-order chi connectivity index (χ0) is 34.1. The number of aliphatic carboxylic acids is 1. The highest BCUT2D eigenvalue weighted by Crippen LogP contribution is 2.21. The number of hydrogen-bond acceptors (Lipinski definition) is 1. The largest absolute Gasteiger partial charge is 0.481 e. The van der Waals surface area contributed by atoms with Crippen LogP contribution in [0.5, 0.6) is 0 Å². The van der Waals surface area contributed by atoms with Crippen molar-refractivity contribution in [1.29, 1.82) is 0 Å². The summed E-state index contributed by atoms with van der Waals surface area (Å²) in [4.78, 5) is 11.7. The van der Waals surface area contributed by atoms with Gasteiger partial charge >= 0.3 is 5.97 Å². The van der Waals surface area contributed by atoms with E-state index in [0.717, 1.165) is 25.7 Å². The first-order valence-electron chi connectivity index (χ1n) is 22.4. The summed E-state index contributed by atoms with van der Waals surface area (Å²) in [6, 6.07) is 0. The quantitative estimate of drug-likeness (QED) is 0.0660. The second-order valence-corrected chi connectivity index (χ2v) is 15.7. The van der Waals surface area contributed by atoms with E-state index in [2.05, 4.69) is 13.8 Å². The van der Waals surface area contributed by atoms with Crippen molar-refractivity contribution in [3.8, 4) is 0 Å². The molecular formula is C45H90O2. The SMILES string of the molecule is CCCCCCCCCCCCCCCCCCCCCCCCCC(CCCCCCCCCCCCCCCCCC)C(=O)O. The molecule has 1 N–H and O–H groups in total. The molecule has 0 radical (unpaired) electrons. The van der Waals surface area contributed by atoms with Crippen molar-refractivity contribution in [3.05, 3.63) is 0 Å². The number of carboxylic acid groups (broad SMARTS) is 1. The minimum atomic E-state index is -0.551. The van der Waals surface area contributed by atoms with Crippen molar-refractivity contribution in [2.75, 3.05) is 0 Å². The van der Waals surface area contributed by atoms with Crippen molar-refractivity contribution < 1.29 is 9.90 Å². The predicted octanol–water partition coefficient (Wildman–Crippen LogP) is 16.7. The summed E-state index contributed by atoms with van der Waals surface area (Å²) < 4.78 is 0. The van der Waals surface area contributed by atoms with E-state index in [1.165, 1.54) is 238 Å². The fourth-order valence-corrected chi connectivity index (χ4v) is 7.51. The summed E-state index contributed by atoms with van der Waals surface area (Å²) in [5.41, 5.74) is 0. The first-order valence-corrected chi connectivity index (χ1v) is 22.4. The number of carbonyl (C=O) groups is 1. The average Bonchev–Trinajstić information content (AvgIpc) is 3.07. The van der Waals surface area contributed by atoms with Gasteiger partial charge in [0.2, 0.25) is 0 Å². The smallest absolute Gasteiger partial charge is 0.306 e. The topological polar surface area (TPSA) is 37.3 Å². The molecule has 0 aromatic rings. The molecular weight excluding hydrogens is 572 g/mol. The van der Waals surface area contributed by atoms with Crippen LogP contribution in [-0.2, 0) is 4.79 Å². The van der Waals surface area contributed by atoms with E-state index >= 15 is 0 Å². The lowest BCUT2D eigenvalue weighted by atomic mass is 9.94. The average molecular weight is 663 g/mol. The molecule has 0 aromatic heterocycles. The molecule has 0 aliphatic rings. The second kappa shape index (κ2) is 41.6. The van der Waals surface area contributed by atoms with Crippen LogP contribution in [0.3, 0.4) is 0 Å². The van der Waals surface area contributed by atoms with Crippen LogP contribution in [0.4, 0.5) is 0 Å². The molecule has 0 rings (SSSR count). The molecule has 0 saturated heterocycles. The zero-order valence-electron chi connectivity index (χ0n) is 32.9. The molecule has 0 bridgehead atoms.